The Labute approximate surface area is 111 Å². The Morgan fingerprint density at radius 3 is 2.89 bits per heavy atom. The maximum atomic E-state index is 5.99. The smallest absolute Gasteiger partial charge is 0.152 e. The number of hydrogen-bond acceptors (Lipinski definition) is 4. The lowest BCUT2D eigenvalue weighted by atomic mass is 10.1. The predicted octanol–water partition coefficient (Wildman–Crippen LogP) is 2.01. The summed E-state index contributed by atoms with van der Waals surface area (Å²) in [6.07, 6.45) is 2.46. The van der Waals surface area contributed by atoms with Gasteiger partial charge in [0.05, 0.1) is 10.7 Å². The van der Waals surface area contributed by atoms with Crippen LogP contribution >= 0.6 is 11.6 Å². The first-order valence-corrected chi connectivity index (χ1v) is 6.08. The lowest BCUT2D eigenvalue weighted by molar-refractivity contribution is 0.742. The molecule has 1 heterocycles. The van der Waals surface area contributed by atoms with Gasteiger partial charge in [0.1, 0.15) is 6.33 Å². The average molecular weight is 266 g/mol. The first-order chi connectivity index (χ1) is 8.56. The van der Waals surface area contributed by atoms with Crippen LogP contribution < -0.4 is 11.1 Å². The molecule has 0 spiro atoms. The zero-order valence-electron chi connectivity index (χ0n) is 10.4. The molecule has 0 fully saturated rings. The van der Waals surface area contributed by atoms with Crippen molar-refractivity contribution in [2.45, 2.75) is 13.3 Å². The molecule has 0 aliphatic carbocycles. The van der Waals surface area contributed by atoms with Gasteiger partial charge in [0.2, 0.25) is 0 Å². The van der Waals surface area contributed by atoms with Gasteiger partial charge in [-0.1, -0.05) is 11.6 Å². The van der Waals surface area contributed by atoms with E-state index < -0.39 is 0 Å². The third-order valence-corrected chi connectivity index (χ3v) is 2.98. The van der Waals surface area contributed by atoms with E-state index in [-0.39, 0.29) is 0 Å². The Balaban J connectivity index is 1.96. The van der Waals surface area contributed by atoms with Crippen LogP contribution in [0.3, 0.4) is 0 Å². The topological polar surface area (TPSA) is 68.8 Å². The number of anilines is 2. The fraction of sp³-hybridized carbons (Fsp3) is 0.333. The van der Waals surface area contributed by atoms with Gasteiger partial charge in [0, 0.05) is 25.7 Å². The minimum absolute atomic E-state index is 0.569. The van der Waals surface area contributed by atoms with Crippen molar-refractivity contribution in [3.05, 3.63) is 34.9 Å². The lowest BCUT2D eigenvalue weighted by Gasteiger charge is -2.10. The number of nitrogens with two attached hydrogens (primary N) is 1. The number of rotatable bonds is 4. The summed E-state index contributed by atoms with van der Waals surface area (Å²) in [6, 6.07) is 3.71. The Hall–Kier alpha value is -1.75. The molecule has 1 aromatic carbocycles. The molecule has 2 aromatic rings. The van der Waals surface area contributed by atoms with E-state index in [0.29, 0.717) is 10.7 Å². The van der Waals surface area contributed by atoms with Gasteiger partial charge >= 0.3 is 0 Å². The van der Waals surface area contributed by atoms with Crippen LogP contribution in [0.15, 0.2) is 18.5 Å². The molecule has 2 rings (SSSR count). The monoisotopic (exact) mass is 265 g/mol. The van der Waals surface area contributed by atoms with Crippen LogP contribution in [0.2, 0.25) is 5.02 Å². The minimum Gasteiger partial charge on any atom is -0.398 e. The van der Waals surface area contributed by atoms with E-state index >= 15 is 0 Å². The van der Waals surface area contributed by atoms with Crippen LogP contribution in [0.25, 0.3) is 0 Å². The first kappa shape index (κ1) is 12.7. The molecule has 6 heteroatoms. The normalized spacial score (nSPS) is 10.6. The largest absolute Gasteiger partial charge is 0.398 e. The molecule has 0 aliphatic rings. The summed E-state index contributed by atoms with van der Waals surface area (Å²) in [5.41, 5.74) is 8.40. The molecule has 0 saturated heterocycles. The third-order valence-electron chi connectivity index (χ3n) is 2.65. The fourth-order valence-electron chi connectivity index (χ4n) is 1.70. The van der Waals surface area contributed by atoms with Gasteiger partial charge in [-0.3, -0.25) is 4.68 Å². The second-order valence-electron chi connectivity index (χ2n) is 4.20. The third kappa shape index (κ3) is 2.92. The number of nitrogen functional groups attached to an aromatic ring is 1. The van der Waals surface area contributed by atoms with E-state index in [0.717, 1.165) is 30.0 Å². The minimum atomic E-state index is 0.569. The zero-order valence-corrected chi connectivity index (χ0v) is 11.2. The summed E-state index contributed by atoms with van der Waals surface area (Å²) in [5.74, 6) is 0.823. The van der Waals surface area contributed by atoms with Crippen LogP contribution in [0, 0.1) is 6.92 Å². The van der Waals surface area contributed by atoms with E-state index in [9.17, 15) is 0 Å². The molecule has 0 amide bonds. The first-order valence-electron chi connectivity index (χ1n) is 5.70. The fourth-order valence-corrected chi connectivity index (χ4v) is 1.87. The van der Waals surface area contributed by atoms with Crippen LogP contribution in [-0.4, -0.2) is 21.3 Å². The molecule has 0 radical (unpaired) electrons. The Kier molecular flexibility index (Phi) is 3.72. The number of hydrogen-bond donors (Lipinski definition) is 2. The van der Waals surface area contributed by atoms with Gasteiger partial charge in [0.25, 0.3) is 0 Å². The van der Waals surface area contributed by atoms with Gasteiger partial charge in [0.15, 0.2) is 5.82 Å². The Morgan fingerprint density at radius 2 is 2.22 bits per heavy atom. The number of aryl methyl sites for hydroxylation is 2. The van der Waals surface area contributed by atoms with Crippen molar-refractivity contribution in [2.75, 3.05) is 17.6 Å². The predicted molar refractivity (Wildman–Crippen MR) is 73.8 cm³/mol. The van der Waals surface area contributed by atoms with Gasteiger partial charge < -0.3 is 11.1 Å². The van der Waals surface area contributed by atoms with Gasteiger partial charge in [-0.2, -0.15) is 5.10 Å². The average Bonchev–Trinajstić information content (AvgIpc) is 2.71. The molecule has 0 aliphatic heterocycles. The summed E-state index contributed by atoms with van der Waals surface area (Å²) in [4.78, 5) is 4.17. The molecule has 0 saturated carbocycles. The van der Waals surface area contributed by atoms with Gasteiger partial charge in [-0.15, -0.1) is 0 Å². The highest BCUT2D eigenvalue weighted by Gasteiger charge is 2.04. The van der Waals surface area contributed by atoms with Crippen molar-refractivity contribution < 1.29 is 0 Å². The number of aromatic nitrogens is 3. The van der Waals surface area contributed by atoms with E-state index in [4.69, 9.17) is 17.3 Å². The summed E-state index contributed by atoms with van der Waals surface area (Å²) in [5, 5.41) is 8.09. The molecular weight excluding hydrogens is 250 g/mol. The lowest BCUT2D eigenvalue weighted by Crippen LogP contribution is -2.08. The number of nitrogens with one attached hydrogen (secondary N) is 1. The number of benzene rings is 1. The molecule has 96 valence electrons. The molecule has 0 atom stereocenters. The molecule has 3 N–H and O–H groups in total. The second kappa shape index (κ2) is 5.27. The van der Waals surface area contributed by atoms with Crippen molar-refractivity contribution in [3.63, 3.8) is 0 Å². The summed E-state index contributed by atoms with van der Waals surface area (Å²) < 4.78 is 1.70. The highest BCUT2D eigenvalue weighted by Crippen LogP contribution is 2.26. The highest BCUT2D eigenvalue weighted by molar-refractivity contribution is 6.33. The Bertz CT molecular complexity index is 549. The van der Waals surface area contributed by atoms with Crippen molar-refractivity contribution in [1.82, 2.24) is 14.8 Å². The summed E-state index contributed by atoms with van der Waals surface area (Å²) >= 11 is 5.99. The van der Waals surface area contributed by atoms with Crippen molar-refractivity contribution >= 4 is 23.0 Å². The molecular formula is C12H16ClN5. The van der Waals surface area contributed by atoms with E-state index in [1.165, 1.54) is 0 Å². The molecule has 18 heavy (non-hydrogen) atoms. The van der Waals surface area contributed by atoms with Crippen LogP contribution in [0.5, 0.6) is 0 Å². The van der Waals surface area contributed by atoms with Crippen molar-refractivity contribution in [1.29, 1.82) is 0 Å². The van der Waals surface area contributed by atoms with Crippen LogP contribution in [0.4, 0.5) is 11.4 Å². The molecule has 0 bridgehead atoms. The van der Waals surface area contributed by atoms with E-state index in [1.807, 2.05) is 26.1 Å². The van der Waals surface area contributed by atoms with Crippen molar-refractivity contribution in [2.24, 2.45) is 7.05 Å². The second-order valence-corrected chi connectivity index (χ2v) is 4.61. The van der Waals surface area contributed by atoms with Crippen molar-refractivity contribution in [3.8, 4) is 0 Å². The maximum Gasteiger partial charge on any atom is 0.152 e. The SMILES string of the molecule is Cc1cc(N)c(Cl)cc1NCCc1ncn(C)n1. The zero-order chi connectivity index (χ0) is 13.1. The number of halogens is 1. The quantitative estimate of drug-likeness (QED) is 0.830. The van der Waals surface area contributed by atoms with Crippen LogP contribution in [-0.2, 0) is 13.5 Å². The Morgan fingerprint density at radius 1 is 1.44 bits per heavy atom. The number of nitrogens with zero attached hydrogens (tertiary/aromatic N) is 3. The summed E-state index contributed by atoms with van der Waals surface area (Å²) in [7, 11) is 1.85. The molecule has 0 unspecified atom stereocenters. The standard InChI is InChI=1S/C12H16ClN5/c1-8-5-10(14)9(13)6-11(8)15-4-3-12-16-7-18(2)17-12/h5-7,15H,3-4,14H2,1-2H3. The maximum absolute atomic E-state index is 5.99. The van der Waals surface area contributed by atoms with Gasteiger partial charge in [-0.25, -0.2) is 4.98 Å². The van der Waals surface area contributed by atoms with E-state index in [1.54, 1.807) is 11.0 Å². The highest BCUT2D eigenvalue weighted by atomic mass is 35.5. The van der Waals surface area contributed by atoms with E-state index in [2.05, 4.69) is 15.4 Å². The van der Waals surface area contributed by atoms with Gasteiger partial charge in [-0.05, 0) is 24.6 Å². The molecule has 5 nitrogen and oxygen atoms in total. The van der Waals surface area contributed by atoms with Crippen LogP contribution in [0.1, 0.15) is 11.4 Å². The molecule has 1 aromatic heterocycles. The summed E-state index contributed by atoms with van der Waals surface area (Å²) in [6.45, 7) is 2.75.